The third-order valence-electron chi connectivity index (χ3n) is 6.62. The number of methoxy groups -OCH3 is 1. The first-order valence-corrected chi connectivity index (χ1v) is 10.7. The predicted octanol–water partition coefficient (Wildman–Crippen LogP) is 3.48. The molecule has 3 aromatic carbocycles. The maximum atomic E-state index is 14.9. The number of halogens is 2. The highest BCUT2D eigenvalue weighted by Gasteiger charge is 2.70. The number of ether oxygens (including phenoxy) is 1. The van der Waals surface area contributed by atoms with Crippen molar-refractivity contribution in [2.75, 3.05) is 12.0 Å². The first-order valence-electron chi connectivity index (χ1n) is 10.7. The summed E-state index contributed by atoms with van der Waals surface area (Å²) in [6, 6.07) is 18.3. The molecule has 2 saturated heterocycles. The third kappa shape index (κ3) is 3.06. The van der Waals surface area contributed by atoms with Gasteiger partial charge in [0.2, 0.25) is 11.8 Å². The van der Waals surface area contributed by atoms with Crippen LogP contribution in [0.5, 0.6) is 0 Å². The lowest BCUT2D eigenvalue weighted by Crippen LogP contribution is -2.53. The number of carbonyl (C=O) groups is 3. The summed E-state index contributed by atoms with van der Waals surface area (Å²) >= 11 is 0. The number of fused-ring (bicyclic) bond motifs is 1. The quantitative estimate of drug-likeness (QED) is 0.475. The molecule has 8 heteroatoms. The number of benzene rings is 3. The zero-order chi connectivity index (χ0) is 24.0. The Morgan fingerprint density at radius 3 is 2.21 bits per heavy atom. The molecule has 2 fully saturated rings. The number of nitrogens with one attached hydrogen (secondary N) is 1. The molecule has 2 amide bonds. The predicted molar refractivity (Wildman–Crippen MR) is 118 cm³/mol. The molecule has 2 aliphatic rings. The highest BCUT2D eigenvalue weighted by atomic mass is 19.1. The smallest absolute Gasteiger partial charge is 0.331 e. The van der Waals surface area contributed by atoms with E-state index in [9.17, 15) is 23.2 Å². The van der Waals surface area contributed by atoms with Crippen molar-refractivity contribution < 1.29 is 27.9 Å². The van der Waals surface area contributed by atoms with Crippen LogP contribution in [0, 0.1) is 23.5 Å². The van der Waals surface area contributed by atoms with Crippen molar-refractivity contribution in [1.82, 2.24) is 5.32 Å². The maximum absolute atomic E-state index is 14.9. The van der Waals surface area contributed by atoms with Gasteiger partial charge in [0, 0.05) is 11.6 Å². The summed E-state index contributed by atoms with van der Waals surface area (Å²) in [5.41, 5.74) is -1.00. The van der Waals surface area contributed by atoms with Crippen molar-refractivity contribution in [3.05, 3.63) is 102 Å². The second-order valence-corrected chi connectivity index (χ2v) is 8.30. The Bertz CT molecular complexity index is 1280. The minimum Gasteiger partial charge on any atom is -0.467 e. The van der Waals surface area contributed by atoms with Crippen molar-refractivity contribution in [2.45, 2.75) is 11.6 Å². The Labute approximate surface area is 194 Å². The summed E-state index contributed by atoms with van der Waals surface area (Å²) in [6.45, 7) is 0. The van der Waals surface area contributed by atoms with Gasteiger partial charge >= 0.3 is 5.97 Å². The van der Waals surface area contributed by atoms with Gasteiger partial charge in [0.15, 0.2) is 5.54 Å². The van der Waals surface area contributed by atoms with Gasteiger partial charge in [-0.25, -0.2) is 18.5 Å². The molecule has 3 aromatic rings. The van der Waals surface area contributed by atoms with Crippen LogP contribution in [-0.2, 0) is 24.7 Å². The van der Waals surface area contributed by atoms with Crippen LogP contribution in [0.1, 0.15) is 17.2 Å². The lowest BCUT2D eigenvalue weighted by molar-refractivity contribution is -0.152. The number of hydrogen-bond acceptors (Lipinski definition) is 5. The number of carbonyl (C=O) groups excluding carboxylic acids is 3. The molecule has 34 heavy (non-hydrogen) atoms. The number of anilines is 1. The first-order chi connectivity index (χ1) is 16.4. The normalized spacial score (nSPS) is 26.0. The molecule has 172 valence electrons. The molecule has 0 bridgehead atoms. The summed E-state index contributed by atoms with van der Waals surface area (Å²) in [4.78, 5) is 41.8. The molecular weight excluding hydrogens is 442 g/mol. The van der Waals surface area contributed by atoms with Gasteiger partial charge in [0.1, 0.15) is 11.6 Å². The van der Waals surface area contributed by atoms with E-state index in [1.54, 1.807) is 36.4 Å². The number of hydrogen-bond donors (Lipinski definition) is 1. The summed E-state index contributed by atoms with van der Waals surface area (Å²) in [5.74, 6) is -5.45. The van der Waals surface area contributed by atoms with Crippen LogP contribution >= 0.6 is 0 Å². The van der Waals surface area contributed by atoms with Crippen LogP contribution < -0.4 is 10.2 Å². The highest BCUT2D eigenvalue weighted by molar-refractivity contribution is 6.24. The van der Waals surface area contributed by atoms with E-state index < -0.39 is 52.8 Å². The Balaban J connectivity index is 1.74. The van der Waals surface area contributed by atoms with Crippen LogP contribution in [0.4, 0.5) is 14.5 Å². The average molecular weight is 462 g/mol. The SMILES string of the molecule is COC(=O)[C@]1(c2ccccc2)N[C@H](c2ccccc2F)[C@H]2C(=O)N(c3ccc(F)cc3)C(=O)[C@H]21. The largest absolute Gasteiger partial charge is 0.467 e. The summed E-state index contributed by atoms with van der Waals surface area (Å²) in [6.07, 6.45) is 0. The lowest BCUT2D eigenvalue weighted by atomic mass is 9.75. The third-order valence-corrected chi connectivity index (χ3v) is 6.62. The van der Waals surface area contributed by atoms with Crippen molar-refractivity contribution in [1.29, 1.82) is 0 Å². The molecule has 0 unspecified atom stereocenters. The molecule has 0 aliphatic carbocycles. The number of rotatable bonds is 4. The lowest BCUT2D eigenvalue weighted by Gasteiger charge is -2.33. The fraction of sp³-hybridized carbons (Fsp3) is 0.192. The Morgan fingerprint density at radius 2 is 1.56 bits per heavy atom. The number of imide groups is 1. The molecule has 4 atom stereocenters. The molecular formula is C26H20F2N2O4. The zero-order valence-electron chi connectivity index (χ0n) is 18.1. The van der Waals surface area contributed by atoms with Gasteiger partial charge in [-0.05, 0) is 35.9 Å². The molecule has 1 N–H and O–H groups in total. The second-order valence-electron chi connectivity index (χ2n) is 8.30. The number of esters is 1. The zero-order valence-corrected chi connectivity index (χ0v) is 18.1. The van der Waals surface area contributed by atoms with Crippen molar-refractivity contribution >= 4 is 23.5 Å². The molecule has 6 nitrogen and oxygen atoms in total. The van der Waals surface area contributed by atoms with Crippen LogP contribution in [0.2, 0.25) is 0 Å². The van der Waals surface area contributed by atoms with E-state index in [2.05, 4.69) is 5.32 Å². The second kappa shape index (κ2) is 8.14. The van der Waals surface area contributed by atoms with Crippen LogP contribution in [0.25, 0.3) is 0 Å². The van der Waals surface area contributed by atoms with E-state index in [4.69, 9.17) is 4.74 Å². The molecule has 2 heterocycles. The number of nitrogens with zero attached hydrogens (tertiary/aromatic N) is 1. The van der Waals surface area contributed by atoms with Crippen molar-refractivity contribution in [3.63, 3.8) is 0 Å². The van der Waals surface area contributed by atoms with Gasteiger partial charge in [-0.1, -0.05) is 48.5 Å². The van der Waals surface area contributed by atoms with Gasteiger partial charge in [-0.3, -0.25) is 14.9 Å². The monoisotopic (exact) mass is 462 g/mol. The Morgan fingerprint density at radius 1 is 0.912 bits per heavy atom. The maximum Gasteiger partial charge on any atom is 0.331 e. The van der Waals surface area contributed by atoms with Crippen LogP contribution in [0.3, 0.4) is 0 Å². The van der Waals surface area contributed by atoms with Gasteiger partial charge in [0.05, 0.1) is 24.6 Å². The fourth-order valence-corrected chi connectivity index (χ4v) is 5.18. The molecule has 5 rings (SSSR count). The van der Waals surface area contributed by atoms with E-state index >= 15 is 0 Å². The highest BCUT2D eigenvalue weighted by Crippen LogP contribution is 2.54. The van der Waals surface area contributed by atoms with Gasteiger partial charge < -0.3 is 4.74 Å². The Kier molecular flexibility index (Phi) is 5.25. The average Bonchev–Trinajstić information content (AvgIpc) is 3.34. The molecule has 0 spiro atoms. The summed E-state index contributed by atoms with van der Waals surface area (Å²) in [5, 5.41) is 3.13. The standard InChI is InChI=1S/C26H20F2N2O4/c1-34-25(33)26(15-7-3-2-4-8-15)21-20(22(29-26)18-9-5-6-10-19(18)28)23(31)30(24(21)32)17-13-11-16(27)12-14-17/h2-14,20-22,29H,1H3/t20-,21-,22+,26+/m0/s1. The van der Waals surface area contributed by atoms with Crippen molar-refractivity contribution in [3.8, 4) is 0 Å². The molecule has 0 aromatic heterocycles. The number of amides is 2. The summed E-state index contributed by atoms with van der Waals surface area (Å²) < 4.78 is 33.6. The van der Waals surface area contributed by atoms with Crippen molar-refractivity contribution in [2.24, 2.45) is 11.8 Å². The molecule has 2 aliphatic heterocycles. The Hall–Kier alpha value is -3.91. The first kappa shape index (κ1) is 21.9. The van der Waals surface area contributed by atoms with Gasteiger partial charge in [-0.2, -0.15) is 0 Å². The van der Waals surface area contributed by atoms with E-state index in [1.807, 2.05) is 0 Å². The fourth-order valence-electron chi connectivity index (χ4n) is 5.18. The van der Waals surface area contributed by atoms with E-state index in [0.717, 1.165) is 17.0 Å². The molecule has 0 saturated carbocycles. The van der Waals surface area contributed by atoms with E-state index in [0.29, 0.717) is 5.56 Å². The van der Waals surface area contributed by atoms with Gasteiger partial charge in [-0.15, -0.1) is 0 Å². The molecule has 0 radical (unpaired) electrons. The minimum atomic E-state index is -1.74. The van der Waals surface area contributed by atoms with E-state index in [-0.39, 0.29) is 11.3 Å². The topological polar surface area (TPSA) is 75.7 Å². The summed E-state index contributed by atoms with van der Waals surface area (Å²) in [7, 11) is 1.19. The minimum absolute atomic E-state index is 0.154. The van der Waals surface area contributed by atoms with Gasteiger partial charge in [0.25, 0.3) is 0 Å². The van der Waals surface area contributed by atoms with E-state index in [1.165, 1.54) is 37.4 Å². The van der Waals surface area contributed by atoms with Crippen LogP contribution in [0.15, 0.2) is 78.9 Å². The van der Waals surface area contributed by atoms with Crippen LogP contribution in [-0.4, -0.2) is 24.9 Å².